The lowest BCUT2D eigenvalue weighted by molar-refractivity contribution is 0.417. The van der Waals surface area contributed by atoms with Crippen molar-refractivity contribution < 1.29 is 9.13 Å². The summed E-state index contributed by atoms with van der Waals surface area (Å²) >= 11 is 0. The van der Waals surface area contributed by atoms with Crippen LogP contribution in [0.4, 0.5) is 4.39 Å². The smallest absolute Gasteiger partial charge is 0.147 e. The van der Waals surface area contributed by atoms with Crippen LogP contribution in [-0.4, -0.2) is 36.1 Å². The number of alkyl halides is 1. The highest BCUT2D eigenvalue weighted by Crippen LogP contribution is 2.29. The lowest BCUT2D eigenvalue weighted by atomic mass is 10.1. The van der Waals surface area contributed by atoms with Crippen LogP contribution in [-0.2, 0) is 20.8 Å². The summed E-state index contributed by atoms with van der Waals surface area (Å²) in [6.07, 6.45) is 8.87. The standard InChI is InChI=1S/C19H17FN6O/c1-24-11-15(9-22-24)14-6-17(27-3)19-13(8-23-26(19)12-14)4-5-16-10-21-18(7-20)25(16)2/h6,8-12H,7H2,1-3H3. The topological polar surface area (TPSA) is 62.2 Å². The Hall–Kier alpha value is -3.60. The van der Waals surface area contributed by atoms with Crippen LogP contribution in [0.5, 0.6) is 5.75 Å². The molecule has 0 unspecified atom stereocenters. The summed E-state index contributed by atoms with van der Waals surface area (Å²) < 4.78 is 23.5. The number of ether oxygens (including phenoxy) is 1. The van der Waals surface area contributed by atoms with Crippen LogP contribution in [0.3, 0.4) is 0 Å². The van der Waals surface area contributed by atoms with E-state index < -0.39 is 6.67 Å². The third-order valence-corrected chi connectivity index (χ3v) is 4.36. The number of rotatable bonds is 3. The molecule has 7 nitrogen and oxygen atoms in total. The number of hydrogen-bond acceptors (Lipinski definition) is 4. The molecule has 136 valence electrons. The molecule has 4 heterocycles. The van der Waals surface area contributed by atoms with Gasteiger partial charge < -0.3 is 9.30 Å². The Morgan fingerprint density at radius 2 is 1.93 bits per heavy atom. The van der Waals surface area contributed by atoms with Gasteiger partial charge in [-0.05, 0) is 12.0 Å². The van der Waals surface area contributed by atoms with Crippen LogP contribution in [0.15, 0.2) is 37.1 Å². The minimum absolute atomic E-state index is 0.345. The third kappa shape index (κ3) is 2.93. The Bertz CT molecular complexity index is 1190. The molecule has 0 saturated heterocycles. The number of fused-ring (bicyclic) bond motifs is 1. The van der Waals surface area contributed by atoms with E-state index in [2.05, 4.69) is 27.0 Å². The average Bonchev–Trinajstić information content (AvgIpc) is 3.38. The molecule has 0 amide bonds. The predicted octanol–water partition coefficient (Wildman–Crippen LogP) is 2.35. The molecule has 0 bridgehead atoms. The molecular formula is C19H17FN6O. The molecule has 0 radical (unpaired) electrons. The van der Waals surface area contributed by atoms with E-state index in [-0.39, 0.29) is 0 Å². The average molecular weight is 364 g/mol. The fourth-order valence-electron chi connectivity index (χ4n) is 2.88. The van der Waals surface area contributed by atoms with Gasteiger partial charge in [-0.3, -0.25) is 4.68 Å². The Balaban J connectivity index is 1.79. The van der Waals surface area contributed by atoms with Gasteiger partial charge in [-0.15, -0.1) is 0 Å². The zero-order valence-electron chi connectivity index (χ0n) is 15.1. The molecule has 0 fully saturated rings. The van der Waals surface area contributed by atoms with Gasteiger partial charge in [0.1, 0.15) is 29.5 Å². The lowest BCUT2D eigenvalue weighted by Crippen LogP contribution is -1.97. The number of pyridine rings is 1. The Labute approximate surface area is 155 Å². The van der Waals surface area contributed by atoms with Crippen molar-refractivity contribution in [2.45, 2.75) is 6.67 Å². The largest absolute Gasteiger partial charge is 0.494 e. The molecule has 0 spiro atoms. The maximum Gasteiger partial charge on any atom is 0.147 e. The highest BCUT2D eigenvalue weighted by Gasteiger charge is 2.12. The number of halogens is 1. The van der Waals surface area contributed by atoms with Crippen molar-refractivity contribution in [3.8, 4) is 28.7 Å². The Kier molecular flexibility index (Phi) is 4.12. The van der Waals surface area contributed by atoms with Crippen LogP contribution >= 0.6 is 0 Å². The number of aryl methyl sites for hydroxylation is 1. The monoisotopic (exact) mass is 364 g/mol. The van der Waals surface area contributed by atoms with E-state index in [0.29, 0.717) is 22.8 Å². The summed E-state index contributed by atoms with van der Waals surface area (Å²) in [4.78, 5) is 4.01. The fraction of sp³-hybridized carbons (Fsp3) is 0.211. The molecule has 0 aliphatic carbocycles. The van der Waals surface area contributed by atoms with Crippen molar-refractivity contribution in [3.63, 3.8) is 0 Å². The molecule has 0 aliphatic heterocycles. The van der Waals surface area contributed by atoms with Crippen molar-refractivity contribution in [1.29, 1.82) is 0 Å². The third-order valence-electron chi connectivity index (χ3n) is 4.36. The van der Waals surface area contributed by atoms with Gasteiger partial charge >= 0.3 is 0 Å². The Morgan fingerprint density at radius 1 is 1.07 bits per heavy atom. The maximum atomic E-state index is 12.8. The number of aromatic nitrogens is 6. The van der Waals surface area contributed by atoms with Gasteiger partial charge in [-0.1, -0.05) is 5.92 Å². The molecule has 8 heteroatoms. The molecule has 0 saturated carbocycles. The summed E-state index contributed by atoms with van der Waals surface area (Å²) in [6, 6.07) is 1.94. The molecule has 0 atom stereocenters. The number of methoxy groups -OCH3 is 1. The minimum Gasteiger partial charge on any atom is -0.494 e. The van der Waals surface area contributed by atoms with Gasteiger partial charge in [-0.2, -0.15) is 10.2 Å². The van der Waals surface area contributed by atoms with Gasteiger partial charge in [0.2, 0.25) is 0 Å². The van der Waals surface area contributed by atoms with E-state index in [0.717, 1.165) is 16.6 Å². The van der Waals surface area contributed by atoms with E-state index in [1.807, 2.05) is 25.5 Å². The van der Waals surface area contributed by atoms with E-state index in [1.165, 1.54) is 0 Å². The molecule has 0 aromatic carbocycles. The molecule has 4 aromatic heterocycles. The van der Waals surface area contributed by atoms with Gasteiger partial charge in [0.25, 0.3) is 0 Å². The first-order valence-electron chi connectivity index (χ1n) is 8.23. The second-order valence-electron chi connectivity index (χ2n) is 6.05. The normalized spacial score (nSPS) is 10.8. The summed E-state index contributed by atoms with van der Waals surface area (Å²) in [5.41, 5.74) is 4.02. The summed E-state index contributed by atoms with van der Waals surface area (Å²) in [7, 11) is 5.22. The second-order valence-corrected chi connectivity index (χ2v) is 6.05. The first-order valence-corrected chi connectivity index (χ1v) is 8.23. The van der Waals surface area contributed by atoms with Crippen molar-refractivity contribution >= 4 is 5.52 Å². The molecule has 27 heavy (non-hydrogen) atoms. The molecule has 4 rings (SSSR count). The van der Waals surface area contributed by atoms with Gasteiger partial charge in [0.15, 0.2) is 0 Å². The first-order chi connectivity index (χ1) is 13.1. The summed E-state index contributed by atoms with van der Waals surface area (Å²) in [5, 5.41) is 8.60. The van der Waals surface area contributed by atoms with Gasteiger partial charge in [0.05, 0.1) is 31.3 Å². The van der Waals surface area contributed by atoms with Crippen molar-refractivity contribution in [2.75, 3.05) is 7.11 Å². The molecular weight excluding hydrogens is 347 g/mol. The lowest BCUT2D eigenvalue weighted by Gasteiger charge is -2.06. The van der Waals surface area contributed by atoms with Crippen molar-refractivity contribution in [1.82, 2.24) is 28.9 Å². The van der Waals surface area contributed by atoms with E-state index in [9.17, 15) is 4.39 Å². The molecule has 4 aromatic rings. The van der Waals surface area contributed by atoms with Crippen molar-refractivity contribution in [2.24, 2.45) is 14.1 Å². The highest BCUT2D eigenvalue weighted by molar-refractivity contribution is 5.75. The van der Waals surface area contributed by atoms with E-state index in [1.54, 1.807) is 46.5 Å². The quantitative estimate of drug-likeness (QED) is 0.524. The second kappa shape index (κ2) is 6.61. The van der Waals surface area contributed by atoms with Crippen LogP contribution in [0.25, 0.3) is 16.6 Å². The van der Waals surface area contributed by atoms with Gasteiger partial charge in [-0.25, -0.2) is 13.9 Å². The number of hydrogen-bond donors (Lipinski definition) is 0. The minimum atomic E-state index is -0.625. The highest BCUT2D eigenvalue weighted by atomic mass is 19.1. The van der Waals surface area contributed by atoms with Crippen LogP contribution in [0.1, 0.15) is 17.1 Å². The Morgan fingerprint density at radius 3 is 2.59 bits per heavy atom. The van der Waals surface area contributed by atoms with Crippen molar-refractivity contribution in [3.05, 3.63) is 54.1 Å². The summed E-state index contributed by atoms with van der Waals surface area (Å²) in [5.74, 6) is 7.12. The van der Waals surface area contributed by atoms with E-state index in [4.69, 9.17) is 4.74 Å². The maximum absolute atomic E-state index is 12.8. The molecule has 0 N–H and O–H groups in total. The van der Waals surface area contributed by atoms with Crippen LogP contribution in [0.2, 0.25) is 0 Å². The van der Waals surface area contributed by atoms with Crippen LogP contribution in [0, 0.1) is 11.8 Å². The van der Waals surface area contributed by atoms with Crippen LogP contribution < -0.4 is 4.74 Å². The zero-order valence-corrected chi connectivity index (χ0v) is 15.1. The van der Waals surface area contributed by atoms with E-state index >= 15 is 0 Å². The fourth-order valence-corrected chi connectivity index (χ4v) is 2.88. The van der Waals surface area contributed by atoms with Gasteiger partial charge in [0, 0.05) is 37.6 Å². The predicted molar refractivity (Wildman–Crippen MR) is 97.9 cm³/mol. The number of nitrogens with zero attached hydrogens (tertiary/aromatic N) is 6. The molecule has 0 aliphatic rings. The zero-order chi connectivity index (χ0) is 19.0. The number of imidazole rings is 1. The first kappa shape index (κ1) is 16.8. The SMILES string of the molecule is COc1cc(-c2cnn(C)c2)cn2ncc(C#Cc3cnc(CF)n3C)c12. The summed E-state index contributed by atoms with van der Waals surface area (Å²) in [6.45, 7) is -0.625.